The van der Waals surface area contributed by atoms with Crippen LogP contribution >= 0.6 is 0 Å². The Morgan fingerprint density at radius 1 is 1.30 bits per heavy atom. The number of rotatable bonds is 6. The number of nitrogens with zero attached hydrogens (tertiary/aromatic N) is 2. The van der Waals surface area contributed by atoms with Crippen LogP contribution in [0.4, 0.5) is 11.4 Å². The number of furan rings is 1. The number of fused-ring (bicyclic) bond motifs is 1. The van der Waals surface area contributed by atoms with Gasteiger partial charge >= 0.3 is 0 Å². The second-order valence-corrected chi connectivity index (χ2v) is 5.04. The minimum atomic E-state index is -0.425. The second kappa shape index (κ2) is 6.45. The third kappa shape index (κ3) is 3.00. The SMILES string of the molecule is O=[N+]([O-])c1ccc(NC(CCO)c2ccco2)c2ccncc12. The van der Waals surface area contributed by atoms with Crippen LogP contribution in [0.5, 0.6) is 0 Å². The molecule has 0 amide bonds. The van der Waals surface area contributed by atoms with Crippen molar-refractivity contribution in [3.63, 3.8) is 0 Å². The van der Waals surface area contributed by atoms with Crippen LogP contribution in [0.25, 0.3) is 10.8 Å². The standard InChI is InChI=1S/C16H15N3O4/c20-8-6-14(16-2-1-9-23-16)18-13-3-4-15(19(21)22)12-10-17-7-5-11(12)13/h1-5,7,9-10,14,18,20H,6,8H2. The van der Waals surface area contributed by atoms with Crippen LogP contribution in [0.15, 0.2) is 53.4 Å². The van der Waals surface area contributed by atoms with Crippen molar-refractivity contribution < 1.29 is 14.4 Å². The number of aliphatic hydroxyl groups is 1. The van der Waals surface area contributed by atoms with E-state index in [0.717, 1.165) is 5.69 Å². The number of hydrogen-bond donors (Lipinski definition) is 2. The van der Waals surface area contributed by atoms with E-state index in [9.17, 15) is 15.2 Å². The molecule has 0 saturated heterocycles. The average Bonchev–Trinajstić information content (AvgIpc) is 3.08. The van der Waals surface area contributed by atoms with Crippen LogP contribution in [0, 0.1) is 10.1 Å². The van der Waals surface area contributed by atoms with Gasteiger partial charge in [0.05, 0.1) is 22.6 Å². The van der Waals surface area contributed by atoms with Gasteiger partial charge in [-0.1, -0.05) is 0 Å². The van der Waals surface area contributed by atoms with E-state index in [1.807, 2.05) is 6.07 Å². The van der Waals surface area contributed by atoms with Crippen LogP contribution in [0.1, 0.15) is 18.2 Å². The first-order valence-electron chi connectivity index (χ1n) is 7.12. The molecule has 7 heteroatoms. The zero-order chi connectivity index (χ0) is 16.2. The van der Waals surface area contributed by atoms with Crippen molar-refractivity contribution in [3.8, 4) is 0 Å². The smallest absolute Gasteiger partial charge is 0.278 e. The summed E-state index contributed by atoms with van der Waals surface area (Å²) in [7, 11) is 0. The number of nitro groups is 1. The minimum absolute atomic E-state index is 0.00909. The van der Waals surface area contributed by atoms with Crippen LogP contribution in [0.3, 0.4) is 0 Å². The zero-order valence-electron chi connectivity index (χ0n) is 12.2. The Balaban J connectivity index is 2.03. The number of benzene rings is 1. The fraction of sp³-hybridized carbons (Fsp3) is 0.188. The topological polar surface area (TPSA) is 101 Å². The number of pyridine rings is 1. The molecule has 0 fully saturated rings. The molecule has 0 spiro atoms. The van der Waals surface area contributed by atoms with Crippen molar-refractivity contribution in [2.45, 2.75) is 12.5 Å². The van der Waals surface area contributed by atoms with Crippen molar-refractivity contribution in [2.75, 3.05) is 11.9 Å². The Labute approximate surface area is 131 Å². The third-order valence-electron chi connectivity index (χ3n) is 3.63. The molecule has 0 aliphatic rings. The lowest BCUT2D eigenvalue weighted by Gasteiger charge is -2.18. The van der Waals surface area contributed by atoms with Gasteiger partial charge in [0.25, 0.3) is 5.69 Å². The fourth-order valence-corrected chi connectivity index (χ4v) is 2.55. The Morgan fingerprint density at radius 2 is 2.17 bits per heavy atom. The van der Waals surface area contributed by atoms with Crippen molar-refractivity contribution in [1.29, 1.82) is 0 Å². The van der Waals surface area contributed by atoms with Gasteiger partial charge in [0, 0.05) is 36.1 Å². The maximum Gasteiger partial charge on any atom is 0.278 e. The van der Waals surface area contributed by atoms with E-state index in [4.69, 9.17) is 4.42 Å². The quantitative estimate of drug-likeness (QED) is 0.535. The van der Waals surface area contributed by atoms with Gasteiger partial charge < -0.3 is 14.8 Å². The van der Waals surface area contributed by atoms with Crippen molar-refractivity contribution in [3.05, 3.63) is 64.9 Å². The summed E-state index contributed by atoms with van der Waals surface area (Å²) in [6.45, 7) is -0.00909. The lowest BCUT2D eigenvalue weighted by Crippen LogP contribution is -2.12. The van der Waals surface area contributed by atoms with Crippen molar-refractivity contribution >= 4 is 22.1 Å². The first-order chi connectivity index (χ1) is 11.2. The summed E-state index contributed by atoms with van der Waals surface area (Å²) in [6, 6.07) is 8.20. The lowest BCUT2D eigenvalue weighted by molar-refractivity contribution is -0.383. The molecule has 118 valence electrons. The van der Waals surface area contributed by atoms with Gasteiger partial charge in [-0.2, -0.15) is 0 Å². The number of non-ortho nitro benzene ring substituents is 1. The number of nitro benzene ring substituents is 1. The number of anilines is 1. The van der Waals surface area contributed by atoms with Gasteiger partial charge in [-0.05, 0) is 30.7 Å². The maximum atomic E-state index is 11.1. The molecule has 1 aromatic carbocycles. The van der Waals surface area contributed by atoms with E-state index in [1.165, 1.54) is 12.3 Å². The highest BCUT2D eigenvalue weighted by Gasteiger charge is 2.18. The summed E-state index contributed by atoms with van der Waals surface area (Å²) in [6.07, 6.45) is 5.09. The predicted molar refractivity (Wildman–Crippen MR) is 85.2 cm³/mol. The fourth-order valence-electron chi connectivity index (χ4n) is 2.55. The molecule has 0 bridgehead atoms. The average molecular weight is 313 g/mol. The third-order valence-corrected chi connectivity index (χ3v) is 3.63. The Hall–Kier alpha value is -2.93. The highest BCUT2D eigenvalue weighted by Crippen LogP contribution is 2.33. The van der Waals surface area contributed by atoms with Crippen molar-refractivity contribution in [1.82, 2.24) is 4.98 Å². The highest BCUT2D eigenvalue weighted by molar-refractivity contribution is 5.99. The molecule has 3 rings (SSSR count). The molecule has 0 aliphatic heterocycles. The van der Waals surface area contributed by atoms with E-state index in [0.29, 0.717) is 23.0 Å². The summed E-state index contributed by atoms with van der Waals surface area (Å²) < 4.78 is 5.40. The van der Waals surface area contributed by atoms with Gasteiger partial charge in [0.2, 0.25) is 0 Å². The van der Waals surface area contributed by atoms with E-state index < -0.39 is 4.92 Å². The number of nitrogens with one attached hydrogen (secondary N) is 1. The molecule has 2 aromatic heterocycles. The van der Waals surface area contributed by atoms with Crippen LogP contribution < -0.4 is 5.32 Å². The van der Waals surface area contributed by atoms with E-state index in [2.05, 4.69) is 10.3 Å². The lowest BCUT2D eigenvalue weighted by atomic mass is 10.1. The summed E-state index contributed by atoms with van der Waals surface area (Å²) in [4.78, 5) is 14.7. The summed E-state index contributed by atoms with van der Waals surface area (Å²) in [5.74, 6) is 0.694. The first kappa shape index (κ1) is 15.0. The Morgan fingerprint density at radius 3 is 2.87 bits per heavy atom. The molecule has 0 saturated carbocycles. The molecule has 7 nitrogen and oxygen atoms in total. The largest absolute Gasteiger partial charge is 0.467 e. The summed E-state index contributed by atoms with van der Waals surface area (Å²) >= 11 is 0. The molecule has 2 N–H and O–H groups in total. The molecular formula is C16H15N3O4. The summed E-state index contributed by atoms with van der Waals surface area (Å²) in [5, 5.41) is 24.9. The van der Waals surface area contributed by atoms with Gasteiger partial charge in [0.15, 0.2) is 0 Å². The molecule has 1 unspecified atom stereocenters. The molecular weight excluding hydrogens is 298 g/mol. The van der Waals surface area contributed by atoms with Crippen LogP contribution in [-0.4, -0.2) is 21.6 Å². The maximum absolute atomic E-state index is 11.1. The Kier molecular flexibility index (Phi) is 4.20. The number of aromatic nitrogens is 1. The molecule has 1 atom stereocenters. The van der Waals surface area contributed by atoms with Crippen LogP contribution in [-0.2, 0) is 0 Å². The molecule has 23 heavy (non-hydrogen) atoms. The molecule has 0 radical (unpaired) electrons. The first-order valence-corrected chi connectivity index (χ1v) is 7.12. The van der Waals surface area contributed by atoms with Gasteiger partial charge in [-0.25, -0.2) is 0 Å². The molecule has 2 heterocycles. The summed E-state index contributed by atoms with van der Waals surface area (Å²) in [5.41, 5.74) is 0.734. The van der Waals surface area contributed by atoms with Crippen molar-refractivity contribution in [2.24, 2.45) is 0 Å². The van der Waals surface area contributed by atoms with E-state index in [1.54, 1.807) is 30.7 Å². The van der Waals surface area contributed by atoms with E-state index >= 15 is 0 Å². The normalized spacial score (nSPS) is 12.2. The minimum Gasteiger partial charge on any atom is -0.467 e. The number of aliphatic hydroxyl groups excluding tert-OH is 1. The predicted octanol–water partition coefficient (Wildman–Crippen LogP) is 3.27. The van der Waals surface area contributed by atoms with Gasteiger partial charge in [0.1, 0.15) is 5.76 Å². The zero-order valence-corrected chi connectivity index (χ0v) is 12.2. The Bertz CT molecular complexity index is 817. The van der Waals surface area contributed by atoms with Gasteiger partial charge in [-0.15, -0.1) is 0 Å². The monoisotopic (exact) mass is 313 g/mol. The number of hydrogen-bond acceptors (Lipinski definition) is 6. The molecule has 0 aliphatic carbocycles. The van der Waals surface area contributed by atoms with E-state index in [-0.39, 0.29) is 18.3 Å². The van der Waals surface area contributed by atoms with Crippen LogP contribution in [0.2, 0.25) is 0 Å². The molecule has 3 aromatic rings. The highest BCUT2D eigenvalue weighted by atomic mass is 16.6. The van der Waals surface area contributed by atoms with Gasteiger partial charge in [-0.3, -0.25) is 15.1 Å². The second-order valence-electron chi connectivity index (χ2n) is 5.04.